The van der Waals surface area contributed by atoms with Gasteiger partial charge in [0.05, 0.1) is 5.69 Å². The van der Waals surface area contributed by atoms with Crippen LogP contribution < -0.4 is 5.14 Å². The van der Waals surface area contributed by atoms with Crippen molar-refractivity contribution in [1.29, 1.82) is 0 Å². The van der Waals surface area contributed by atoms with E-state index in [1.165, 1.54) is 0 Å². The van der Waals surface area contributed by atoms with E-state index in [4.69, 9.17) is 5.14 Å². The molecule has 1 rings (SSSR count). The molecule has 12 heavy (non-hydrogen) atoms. The third-order valence-corrected chi connectivity index (χ3v) is 2.00. The van der Waals surface area contributed by atoms with Crippen LogP contribution in [0, 0.1) is 0 Å². The van der Waals surface area contributed by atoms with Crippen molar-refractivity contribution in [3.63, 3.8) is 0 Å². The maximum absolute atomic E-state index is 5.39. The lowest BCUT2D eigenvalue weighted by atomic mass is 10.3. The highest BCUT2D eigenvalue weighted by atomic mass is 32.2. The van der Waals surface area contributed by atoms with Crippen molar-refractivity contribution in [2.75, 3.05) is 0 Å². The fourth-order valence-electron chi connectivity index (χ4n) is 1.01. The first-order valence-electron chi connectivity index (χ1n) is 3.77. The van der Waals surface area contributed by atoms with Crippen LogP contribution in [0.25, 0.3) is 6.08 Å². The van der Waals surface area contributed by atoms with E-state index in [9.17, 15) is 0 Å². The predicted molar refractivity (Wildman–Crippen MR) is 52.7 cm³/mol. The molecule has 2 N–H and O–H groups in total. The zero-order chi connectivity index (χ0) is 9.14. The number of nitrogens with zero attached hydrogens (tertiary/aromatic N) is 2. The Balaban J connectivity index is 3.08. The second-order valence-electron chi connectivity index (χ2n) is 2.77. The number of hydrogen-bond donors (Lipinski definition) is 1. The van der Waals surface area contributed by atoms with Gasteiger partial charge in [-0.1, -0.05) is 6.58 Å². The molecule has 4 heteroatoms. The zero-order valence-corrected chi connectivity index (χ0v) is 8.14. The van der Waals surface area contributed by atoms with E-state index in [1.54, 1.807) is 6.08 Å². The lowest BCUT2D eigenvalue weighted by Crippen LogP contribution is -2.04. The Morgan fingerprint density at radius 2 is 2.42 bits per heavy atom. The van der Waals surface area contributed by atoms with E-state index >= 15 is 0 Å². The van der Waals surface area contributed by atoms with E-state index in [1.807, 2.05) is 10.7 Å². The molecule has 0 saturated heterocycles. The molecule has 0 spiro atoms. The summed E-state index contributed by atoms with van der Waals surface area (Å²) in [6, 6.07) is 2.27. The van der Waals surface area contributed by atoms with Crippen molar-refractivity contribution >= 4 is 18.0 Å². The van der Waals surface area contributed by atoms with Gasteiger partial charge in [-0.25, -0.2) is 0 Å². The molecule has 0 bridgehead atoms. The SMILES string of the molecule is C=Cc1cc(SN)nn1C(C)C. The predicted octanol–water partition coefficient (Wildman–Crippen LogP) is 2.07. The molecule has 0 fully saturated rings. The zero-order valence-electron chi connectivity index (χ0n) is 7.32. The molecular weight excluding hydrogens is 170 g/mol. The minimum absolute atomic E-state index is 0.346. The maximum atomic E-state index is 5.39. The molecule has 1 heterocycles. The lowest BCUT2D eigenvalue weighted by Gasteiger charge is -2.06. The van der Waals surface area contributed by atoms with Crippen LogP contribution in [0.4, 0.5) is 0 Å². The first-order chi connectivity index (χ1) is 5.69. The second kappa shape index (κ2) is 3.78. The highest BCUT2D eigenvalue weighted by Gasteiger charge is 2.06. The molecule has 0 aliphatic rings. The Bertz CT molecular complexity index is 278. The van der Waals surface area contributed by atoms with Crippen LogP contribution in [0.15, 0.2) is 17.7 Å². The van der Waals surface area contributed by atoms with Crippen molar-refractivity contribution in [3.8, 4) is 0 Å². The Hall–Kier alpha value is -0.740. The molecule has 0 saturated carbocycles. The van der Waals surface area contributed by atoms with Crippen molar-refractivity contribution in [3.05, 3.63) is 18.3 Å². The number of hydrogen-bond acceptors (Lipinski definition) is 3. The molecule has 66 valence electrons. The van der Waals surface area contributed by atoms with Gasteiger partial charge in [0.15, 0.2) is 0 Å². The normalized spacial score (nSPS) is 10.7. The highest BCUT2D eigenvalue weighted by molar-refractivity contribution is 7.97. The first-order valence-corrected chi connectivity index (χ1v) is 4.65. The summed E-state index contributed by atoms with van der Waals surface area (Å²) in [5, 5.41) is 10.5. The molecule has 1 aromatic heterocycles. The van der Waals surface area contributed by atoms with Crippen molar-refractivity contribution in [2.24, 2.45) is 5.14 Å². The second-order valence-corrected chi connectivity index (χ2v) is 3.42. The van der Waals surface area contributed by atoms with Crippen molar-refractivity contribution < 1.29 is 0 Å². The molecular formula is C8H13N3S. The van der Waals surface area contributed by atoms with E-state index < -0.39 is 0 Å². The van der Waals surface area contributed by atoms with Crippen LogP contribution in [-0.2, 0) is 0 Å². The molecule has 0 atom stereocenters. The van der Waals surface area contributed by atoms with Crippen LogP contribution in [0.2, 0.25) is 0 Å². The largest absolute Gasteiger partial charge is 0.272 e. The summed E-state index contributed by atoms with van der Waals surface area (Å²) < 4.78 is 1.90. The van der Waals surface area contributed by atoms with Crippen LogP contribution in [-0.4, -0.2) is 9.78 Å². The van der Waals surface area contributed by atoms with E-state index in [-0.39, 0.29) is 0 Å². The molecule has 0 unspecified atom stereocenters. The summed E-state index contributed by atoms with van der Waals surface area (Å²) in [7, 11) is 0. The summed E-state index contributed by atoms with van der Waals surface area (Å²) >= 11 is 1.16. The molecule has 3 nitrogen and oxygen atoms in total. The summed E-state index contributed by atoms with van der Waals surface area (Å²) in [6.07, 6.45) is 1.78. The molecule has 0 aliphatic carbocycles. The summed E-state index contributed by atoms with van der Waals surface area (Å²) in [5.41, 5.74) is 1.01. The third kappa shape index (κ3) is 1.70. The van der Waals surface area contributed by atoms with Gasteiger partial charge in [-0.05, 0) is 37.9 Å². The fraction of sp³-hybridized carbons (Fsp3) is 0.375. The average molecular weight is 183 g/mol. The fourth-order valence-corrected chi connectivity index (χ4v) is 1.33. The smallest absolute Gasteiger partial charge is 0.133 e. The van der Waals surface area contributed by atoms with Gasteiger partial charge in [0.2, 0.25) is 0 Å². The molecule has 1 aromatic rings. The summed E-state index contributed by atoms with van der Waals surface area (Å²) in [4.78, 5) is 0. The number of rotatable bonds is 3. The van der Waals surface area contributed by atoms with Gasteiger partial charge in [-0.3, -0.25) is 9.82 Å². The van der Waals surface area contributed by atoms with Gasteiger partial charge in [0, 0.05) is 6.04 Å². The average Bonchev–Trinajstić information content (AvgIpc) is 2.47. The highest BCUT2D eigenvalue weighted by Crippen LogP contribution is 2.16. The molecule has 0 aliphatic heterocycles. The van der Waals surface area contributed by atoms with Crippen molar-refractivity contribution in [1.82, 2.24) is 9.78 Å². The molecule has 0 aromatic carbocycles. The quantitative estimate of drug-likeness (QED) is 0.729. The Morgan fingerprint density at radius 3 is 2.75 bits per heavy atom. The third-order valence-electron chi connectivity index (χ3n) is 1.56. The summed E-state index contributed by atoms with van der Waals surface area (Å²) in [6.45, 7) is 7.86. The monoisotopic (exact) mass is 183 g/mol. The molecule has 0 amide bonds. The van der Waals surface area contributed by atoms with Crippen molar-refractivity contribution in [2.45, 2.75) is 24.9 Å². The Labute approximate surface area is 76.8 Å². The van der Waals surface area contributed by atoms with E-state index in [2.05, 4.69) is 25.5 Å². The Morgan fingerprint density at radius 1 is 1.75 bits per heavy atom. The maximum Gasteiger partial charge on any atom is 0.133 e. The van der Waals surface area contributed by atoms with E-state index in [0.29, 0.717) is 6.04 Å². The molecule has 0 radical (unpaired) electrons. The van der Waals surface area contributed by atoms with Gasteiger partial charge in [-0.15, -0.1) is 0 Å². The minimum Gasteiger partial charge on any atom is -0.272 e. The van der Waals surface area contributed by atoms with Crippen LogP contribution in [0.3, 0.4) is 0 Å². The van der Waals surface area contributed by atoms with Gasteiger partial charge in [0.1, 0.15) is 5.03 Å². The number of aromatic nitrogens is 2. The lowest BCUT2D eigenvalue weighted by molar-refractivity contribution is 0.518. The standard InChI is InChI=1S/C8H13N3S/c1-4-7-5-8(12-9)10-11(7)6(2)3/h4-6H,1,9H2,2-3H3. The van der Waals surface area contributed by atoms with Gasteiger partial charge < -0.3 is 0 Å². The topological polar surface area (TPSA) is 43.8 Å². The van der Waals surface area contributed by atoms with Crippen LogP contribution >= 0.6 is 11.9 Å². The Kier molecular flexibility index (Phi) is 2.94. The van der Waals surface area contributed by atoms with Crippen LogP contribution in [0.1, 0.15) is 25.6 Å². The summed E-state index contributed by atoms with van der Waals surface area (Å²) in [5.74, 6) is 0. The minimum atomic E-state index is 0.346. The van der Waals surface area contributed by atoms with Gasteiger partial charge in [0.25, 0.3) is 0 Å². The first kappa shape index (κ1) is 9.35. The van der Waals surface area contributed by atoms with Crippen LogP contribution in [0.5, 0.6) is 0 Å². The van der Waals surface area contributed by atoms with Gasteiger partial charge >= 0.3 is 0 Å². The number of nitrogens with two attached hydrogens (primary N) is 1. The van der Waals surface area contributed by atoms with E-state index in [0.717, 1.165) is 22.7 Å². The van der Waals surface area contributed by atoms with Gasteiger partial charge in [-0.2, -0.15) is 5.10 Å².